The van der Waals surface area contributed by atoms with Gasteiger partial charge in [0.15, 0.2) is 5.65 Å². The first-order valence-electron chi connectivity index (χ1n) is 7.27. The quantitative estimate of drug-likeness (QED) is 0.568. The third-order valence-electron chi connectivity index (χ3n) is 3.55. The van der Waals surface area contributed by atoms with Crippen LogP contribution in [-0.4, -0.2) is 24.9 Å². The minimum atomic E-state index is -4.65. The Kier molecular flexibility index (Phi) is 3.48. The Labute approximate surface area is 138 Å². The van der Waals surface area contributed by atoms with E-state index in [0.29, 0.717) is 17.8 Å². The number of hydrogen-bond acceptors (Lipinski definition) is 5. The van der Waals surface area contributed by atoms with Gasteiger partial charge >= 0.3 is 12.1 Å². The van der Waals surface area contributed by atoms with E-state index < -0.39 is 12.1 Å². The molecule has 0 spiro atoms. The van der Waals surface area contributed by atoms with Crippen molar-refractivity contribution in [3.63, 3.8) is 0 Å². The van der Waals surface area contributed by atoms with Gasteiger partial charge in [0, 0.05) is 23.3 Å². The molecule has 126 valence electrons. The molecule has 25 heavy (non-hydrogen) atoms. The van der Waals surface area contributed by atoms with Crippen LogP contribution in [0.25, 0.3) is 22.4 Å². The van der Waals surface area contributed by atoms with E-state index in [0.717, 1.165) is 10.9 Å². The lowest BCUT2D eigenvalue weighted by molar-refractivity contribution is -0.159. The molecule has 0 saturated heterocycles. The van der Waals surface area contributed by atoms with Gasteiger partial charge in [-0.05, 0) is 17.7 Å². The molecule has 3 aromatic heterocycles. The summed E-state index contributed by atoms with van der Waals surface area (Å²) >= 11 is 0. The summed E-state index contributed by atoms with van der Waals surface area (Å²) in [6, 6.07) is 10.6. The van der Waals surface area contributed by atoms with Crippen LogP contribution in [0, 0.1) is 0 Å². The number of halogens is 3. The molecule has 0 fully saturated rings. The number of benzene rings is 1. The minimum absolute atomic E-state index is 0.104. The predicted octanol–water partition coefficient (Wildman–Crippen LogP) is 3.55. The summed E-state index contributed by atoms with van der Waals surface area (Å²) in [5, 5.41) is 8.66. The zero-order valence-electron chi connectivity index (χ0n) is 12.6. The number of hydrogen-bond donors (Lipinski definition) is 0. The van der Waals surface area contributed by atoms with Gasteiger partial charge in [-0.3, -0.25) is 4.68 Å². The van der Waals surface area contributed by atoms with Crippen LogP contribution in [0.4, 0.5) is 13.2 Å². The average molecular weight is 345 g/mol. The van der Waals surface area contributed by atoms with E-state index in [-0.39, 0.29) is 5.82 Å². The maximum absolute atomic E-state index is 12.5. The van der Waals surface area contributed by atoms with Gasteiger partial charge in [-0.2, -0.15) is 23.3 Å². The first-order valence-corrected chi connectivity index (χ1v) is 7.27. The second-order valence-corrected chi connectivity index (χ2v) is 5.36. The van der Waals surface area contributed by atoms with E-state index in [1.807, 2.05) is 18.3 Å². The molecule has 4 rings (SSSR count). The van der Waals surface area contributed by atoms with Gasteiger partial charge in [-0.25, -0.2) is 4.98 Å². The molecule has 4 aromatic rings. The van der Waals surface area contributed by atoms with Crippen molar-refractivity contribution in [3.05, 3.63) is 60.2 Å². The lowest BCUT2D eigenvalue weighted by atomic mass is 10.1. The fourth-order valence-electron chi connectivity index (χ4n) is 2.39. The van der Waals surface area contributed by atoms with Crippen molar-refractivity contribution >= 4 is 11.0 Å². The largest absolute Gasteiger partial charge is 0.471 e. The molecule has 0 aliphatic heterocycles. The van der Waals surface area contributed by atoms with Gasteiger partial charge in [-0.1, -0.05) is 29.4 Å². The molecule has 3 heterocycles. The van der Waals surface area contributed by atoms with Gasteiger partial charge in [0.2, 0.25) is 5.82 Å². The first kappa shape index (κ1) is 15.3. The summed E-state index contributed by atoms with van der Waals surface area (Å²) in [4.78, 5) is 7.53. The highest BCUT2D eigenvalue weighted by molar-refractivity contribution is 5.73. The van der Waals surface area contributed by atoms with Gasteiger partial charge in [-0.15, -0.1) is 0 Å². The van der Waals surface area contributed by atoms with E-state index in [9.17, 15) is 13.2 Å². The number of nitrogens with zero attached hydrogens (tertiary/aromatic N) is 5. The maximum Gasteiger partial charge on any atom is 0.471 e. The Hall–Kier alpha value is -3.23. The number of rotatable bonds is 3. The van der Waals surface area contributed by atoms with Gasteiger partial charge in [0.05, 0.1) is 6.54 Å². The lowest BCUT2D eigenvalue weighted by Gasteiger charge is -2.02. The van der Waals surface area contributed by atoms with E-state index in [2.05, 4.69) is 24.7 Å². The standard InChI is InChI=1S/C16H10F3N5O/c17-16(18,19)15-21-14(23-25-15)11-5-3-10(4-6-11)8-24-9-12-2-1-7-20-13(12)22-24/h1-7,9H,8H2. The van der Waals surface area contributed by atoms with Crippen molar-refractivity contribution < 1.29 is 17.7 Å². The smallest absolute Gasteiger partial charge is 0.329 e. The minimum Gasteiger partial charge on any atom is -0.329 e. The number of pyridine rings is 1. The van der Waals surface area contributed by atoms with Crippen molar-refractivity contribution in [1.29, 1.82) is 0 Å². The summed E-state index contributed by atoms with van der Waals surface area (Å²) in [5.74, 6) is -1.46. The van der Waals surface area contributed by atoms with E-state index in [1.54, 1.807) is 35.1 Å². The Morgan fingerprint density at radius 2 is 1.88 bits per heavy atom. The molecule has 1 aromatic carbocycles. The third kappa shape index (κ3) is 3.08. The van der Waals surface area contributed by atoms with Crippen LogP contribution in [0.15, 0.2) is 53.3 Å². The number of alkyl halides is 3. The van der Waals surface area contributed by atoms with Crippen LogP contribution in [0.1, 0.15) is 11.5 Å². The summed E-state index contributed by atoms with van der Waals surface area (Å²) in [5.41, 5.74) is 2.02. The molecule has 0 amide bonds. The molecular formula is C16H10F3N5O. The monoisotopic (exact) mass is 345 g/mol. The molecule has 0 N–H and O–H groups in total. The molecule has 0 bridgehead atoms. The molecule has 0 atom stereocenters. The van der Waals surface area contributed by atoms with E-state index in [1.165, 1.54) is 0 Å². The second kappa shape index (κ2) is 5.69. The van der Waals surface area contributed by atoms with Crippen molar-refractivity contribution in [2.24, 2.45) is 0 Å². The van der Waals surface area contributed by atoms with Crippen molar-refractivity contribution in [3.8, 4) is 11.4 Å². The zero-order valence-corrected chi connectivity index (χ0v) is 12.6. The van der Waals surface area contributed by atoms with Crippen LogP contribution < -0.4 is 0 Å². The first-order chi connectivity index (χ1) is 12.0. The predicted molar refractivity (Wildman–Crippen MR) is 81.4 cm³/mol. The summed E-state index contributed by atoms with van der Waals surface area (Å²) in [6.07, 6.45) is -1.10. The van der Waals surface area contributed by atoms with Crippen LogP contribution in [0.5, 0.6) is 0 Å². The molecule has 0 aliphatic rings. The fraction of sp³-hybridized carbons (Fsp3) is 0.125. The van der Waals surface area contributed by atoms with Crippen molar-refractivity contribution in [1.82, 2.24) is 24.9 Å². The molecule has 9 heteroatoms. The van der Waals surface area contributed by atoms with Gasteiger partial charge in [0.1, 0.15) is 0 Å². The third-order valence-corrected chi connectivity index (χ3v) is 3.55. The van der Waals surface area contributed by atoms with Crippen LogP contribution in [0.3, 0.4) is 0 Å². The topological polar surface area (TPSA) is 69.6 Å². The second-order valence-electron chi connectivity index (χ2n) is 5.36. The average Bonchev–Trinajstić information content (AvgIpc) is 3.21. The molecular weight excluding hydrogens is 335 g/mol. The lowest BCUT2D eigenvalue weighted by Crippen LogP contribution is -2.04. The zero-order chi connectivity index (χ0) is 17.4. The van der Waals surface area contributed by atoms with Gasteiger partial charge < -0.3 is 4.52 Å². The highest BCUT2D eigenvalue weighted by Crippen LogP contribution is 2.29. The number of aromatic nitrogens is 5. The molecule has 0 unspecified atom stereocenters. The highest BCUT2D eigenvalue weighted by Gasteiger charge is 2.38. The molecule has 0 saturated carbocycles. The Bertz CT molecular complexity index is 987. The molecule has 0 aliphatic carbocycles. The Balaban J connectivity index is 1.54. The molecule has 6 nitrogen and oxygen atoms in total. The highest BCUT2D eigenvalue weighted by atomic mass is 19.4. The van der Waals surface area contributed by atoms with E-state index >= 15 is 0 Å². The fourth-order valence-corrected chi connectivity index (χ4v) is 2.39. The summed E-state index contributed by atoms with van der Waals surface area (Å²) in [6.45, 7) is 0.511. The van der Waals surface area contributed by atoms with Crippen LogP contribution in [0.2, 0.25) is 0 Å². The Morgan fingerprint density at radius 1 is 1.08 bits per heavy atom. The summed E-state index contributed by atoms with van der Waals surface area (Å²) < 4.78 is 43.5. The van der Waals surface area contributed by atoms with E-state index in [4.69, 9.17) is 0 Å². The Morgan fingerprint density at radius 3 is 2.56 bits per heavy atom. The number of fused-ring (bicyclic) bond motifs is 1. The maximum atomic E-state index is 12.5. The van der Waals surface area contributed by atoms with Crippen molar-refractivity contribution in [2.45, 2.75) is 12.7 Å². The SMILES string of the molecule is FC(F)(F)c1nc(-c2ccc(Cn3cc4cccnc4n3)cc2)no1. The van der Waals surface area contributed by atoms with Gasteiger partial charge in [0.25, 0.3) is 0 Å². The normalized spacial score (nSPS) is 12.0. The van der Waals surface area contributed by atoms with Crippen LogP contribution in [-0.2, 0) is 12.7 Å². The summed E-state index contributed by atoms with van der Waals surface area (Å²) in [7, 11) is 0. The molecule has 0 radical (unpaired) electrons. The van der Waals surface area contributed by atoms with Crippen LogP contribution >= 0.6 is 0 Å². The van der Waals surface area contributed by atoms with Crippen molar-refractivity contribution in [2.75, 3.05) is 0 Å².